The molecular formula is C25H30N2O6. The summed E-state index contributed by atoms with van der Waals surface area (Å²) in [6.07, 6.45) is -1.46. The molecule has 0 radical (unpaired) electrons. The van der Waals surface area contributed by atoms with Gasteiger partial charge < -0.3 is 25.2 Å². The van der Waals surface area contributed by atoms with Crippen molar-refractivity contribution < 1.29 is 29.3 Å². The molecule has 0 bridgehead atoms. The first-order valence-electron chi connectivity index (χ1n) is 10.9. The second-order valence-electron chi connectivity index (χ2n) is 8.79. The summed E-state index contributed by atoms with van der Waals surface area (Å²) >= 11 is 0. The lowest BCUT2D eigenvalue weighted by atomic mass is 9.98. The first-order chi connectivity index (χ1) is 15.6. The average molecular weight is 455 g/mol. The fourth-order valence-corrected chi connectivity index (χ4v) is 4.19. The van der Waals surface area contributed by atoms with Crippen molar-refractivity contribution in [3.05, 3.63) is 59.7 Å². The van der Waals surface area contributed by atoms with E-state index in [-0.39, 0.29) is 25.6 Å². The normalized spacial score (nSPS) is 13.6. The van der Waals surface area contributed by atoms with Gasteiger partial charge in [-0.25, -0.2) is 4.79 Å². The highest BCUT2D eigenvalue weighted by atomic mass is 16.5. The number of benzene rings is 2. The zero-order valence-corrected chi connectivity index (χ0v) is 19.1. The van der Waals surface area contributed by atoms with E-state index in [1.165, 1.54) is 4.90 Å². The number of nitrogens with zero attached hydrogens (tertiary/aromatic N) is 1. The Morgan fingerprint density at radius 3 is 2.09 bits per heavy atom. The smallest absolute Gasteiger partial charge is 0.407 e. The summed E-state index contributed by atoms with van der Waals surface area (Å²) in [6, 6.07) is 14.5. The van der Waals surface area contributed by atoms with E-state index >= 15 is 0 Å². The fraction of sp³-hybridized carbons (Fsp3) is 0.400. The molecule has 1 atom stereocenters. The van der Waals surface area contributed by atoms with Gasteiger partial charge in [0.2, 0.25) is 5.91 Å². The van der Waals surface area contributed by atoms with Gasteiger partial charge in [-0.15, -0.1) is 0 Å². The monoisotopic (exact) mass is 454 g/mol. The molecule has 0 spiro atoms. The van der Waals surface area contributed by atoms with Crippen molar-refractivity contribution in [2.24, 2.45) is 0 Å². The third-order valence-electron chi connectivity index (χ3n) is 5.58. The maximum atomic E-state index is 12.9. The topological polar surface area (TPSA) is 116 Å². The van der Waals surface area contributed by atoms with Gasteiger partial charge in [-0.2, -0.15) is 0 Å². The highest BCUT2D eigenvalue weighted by molar-refractivity contribution is 5.89. The fourth-order valence-electron chi connectivity index (χ4n) is 4.19. The molecule has 176 valence electrons. The number of nitrogens with one attached hydrogen (secondary N) is 1. The Labute approximate surface area is 193 Å². The van der Waals surface area contributed by atoms with Crippen LogP contribution in [0.25, 0.3) is 11.1 Å². The number of hydrogen-bond acceptors (Lipinski definition) is 5. The van der Waals surface area contributed by atoms with Crippen LogP contribution in [0.3, 0.4) is 0 Å². The number of fused-ring (bicyclic) bond motifs is 3. The standard InChI is InChI=1S/C25H30N2O6/c1-4-27(15-25(2,3)32)23(30)21(13-22(28)29)26-24(31)33-14-20-18-11-7-5-9-16(18)17-10-6-8-12-19(17)20/h5-12,20-21,32H,4,13-15H2,1-3H3,(H,26,31)(H,28,29). The molecule has 1 unspecified atom stereocenters. The van der Waals surface area contributed by atoms with Crippen molar-refractivity contribution in [3.8, 4) is 11.1 Å². The Morgan fingerprint density at radius 1 is 1.06 bits per heavy atom. The maximum absolute atomic E-state index is 12.9. The molecule has 0 fully saturated rings. The lowest BCUT2D eigenvalue weighted by Gasteiger charge is -2.31. The molecule has 2 aromatic rings. The van der Waals surface area contributed by atoms with Crippen LogP contribution in [0.15, 0.2) is 48.5 Å². The Bertz CT molecular complexity index is 984. The minimum absolute atomic E-state index is 0.00478. The van der Waals surface area contributed by atoms with Gasteiger partial charge in [0, 0.05) is 19.0 Å². The SMILES string of the molecule is CCN(CC(C)(C)O)C(=O)C(CC(=O)O)NC(=O)OCC1c2ccccc2-c2ccccc21. The van der Waals surface area contributed by atoms with Crippen LogP contribution in [0.1, 0.15) is 44.2 Å². The molecule has 0 saturated heterocycles. The van der Waals surface area contributed by atoms with Crippen LogP contribution in [0.4, 0.5) is 4.79 Å². The second-order valence-corrected chi connectivity index (χ2v) is 8.79. The van der Waals surface area contributed by atoms with E-state index in [0.29, 0.717) is 0 Å². The first kappa shape index (κ1) is 24.3. The number of carbonyl (C=O) groups is 3. The van der Waals surface area contributed by atoms with Crippen molar-refractivity contribution in [3.63, 3.8) is 0 Å². The van der Waals surface area contributed by atoms with E-state index in [1.807, 2.05) is 48.5 Å². The molecular weight excluding hydrogens is 424 g/mol. The lowest BCUT2D eigenvalue weighted by Crippen LogP contribution is -2.52. The van der Waals surface area contributed by atoms with Gasteiger partial charge in [0.15, 0.2) is 0 Å². The summed E-state index contributed by atoms with van der Waals surface area (Å²) in [5.41, 5.74) is 3.11. The third-order valence-corrected chi connectivity index (χ3v) is 5.58. The van der Waals surface area contributed by atoms with Gasteiger partial charge >= 0.3 is 12.1 Å². The van der Waals surface area contributed by atoms with E-state index in [4.69, 9.17) is 4.74 Å². The number of aliphatic carboxylic acids is 1. The molecule has 0 heterocycles. The number of rotatable bonds is 9. The van der Waals surface area contributed by atoms with E-state index < -0.39 is 36.0 Å². The van der Waals surface area contributed by atoms with Crippen molar-refractivity contribution in [2.75, 3.05) is 19.7 Å². The Kier molecular flexibility index (Phi) is 7.38. The molecule has 3 N–H and O–H groups in total. The van der Waals surface area contributed by atoms with Crippen LogP contribution >= 0.6 is 0 Å². The minimum Gasteiger partial charge on any atom is -0.481 e. The number of likely N-dealkylation sites (N-methyl/N-ethyl adjacent to an activating group) is 1. The molecule has 8 heteroatoms. The predicted molar refractivity (Wildman–Crippen MR) is 123 cm³/mol. The maximum Gasteiger partial charge on any atom is 0.407 e. The summed E-state index contributed by atoms with van der Waals surface area (Å²) in [6.45, 7) is 5.13. The van der Waals surface area contributed by atoms with Crippen LogP contribution in [0.2, 0.25) is 0 Å². The number of alkyl carbamates (subject to hydrolysis) is 1. The molecule has 2 amide bonds. The van der Waals surface area contributed by atoms with Crippen LogP contribution in [-0.2, 0) is 14.3 Å². The van der Waals surface area contributed by atoms with Crippen LogP contribution in [-0.4, -0.2) is 64.4 Å². The summed E-state index contributed by atoms with van der Waals surface area (Å²) in [5, 5.41) is 21.7. The number of amides is 2. The van der Waals surface area contributed by atoms with E-state index in [1.54, 1.807) is 20.8 Å². The molecule has 0 aromatic heterocycles. The molecule has 33 heavy (non-hydrogen) atoms. The number of hydrogen-bond donors (Lipinski definition) is 3. The van der Waals surface area contributed by atoms with Crippen molar-refractivity contribution in [1.82, 2.24) is 10.2 Å². The Morgan fingerprint density at radius 2 is 1.61 bits per heavy atom. The number of ether oxygens (including phenoxy) is 1. The highest BCUT2D eigenvalue weighted by Gasteiger charge is 2.32. The molecule has 0 saturated carbocycles. The minimum atomic E-state index is -1.31. The van der Waals surface area contributed by atoms with Gasteiger partial charge in [-0.3, -0.25) is 9.59 Å². The average Bonchev–Trinajstić information content (AvgIpc) is 3.08. The van der Waals surface area contributed by atoms with Gasteiger partial charge in [-0.05, 0) is 43.0 Å². The number of carboxylic acid groups (broad SMARTS) is 1. The number of carboxylic acids is 1. The first-order valence-corrected chi connectivity index (χ1v) is 10.9. The van der Waals surface area contributed by atoms with Gasteiger partial charge in [0.1, 0.15) is 12.6 Å². The lowest BCUT2D eigenvalue weighted by molar-refractivity contribution is -0.143. The van der Waals surface area contributed by atoms with E-state index in [2.05, 4.69) is 5.32 Å². The van der Waals surface area contributed by atoms with Gasteiger partial charge in [-0.1, -0.05) is 48.5 Å². The van der Waals surface area contributed by atoms with Crippen LogP contribution in [0.5, 0.6) is 0 Å². The molecule has 0 aliphatic heterocycles. The summed E-state index contributed by atoms with van der Waals surface area (Å²) in [4.78, 5) is 38.1. The van der Waals surface area contributed by atoms with Gasteiger partial charge in [0.05, 0.1) is 12.0 Å². The van der Waals surface area contributed by atoms with Crippen molar-refractivity contribution in [2.45, 2.75) is 44.8 Å². The van der Waals surface area contributed by atoms with E-state index in [0.717, 1.165) is 22.3 Å². The molecule has 1 aliphatic carbocycles. The summed E-state index contributed by atoms with van der Waals surface area (Å²) in [7, 11) is 0. The molecule has 3 rings (SSSR count). The molecule has 8 nitrogen and oxygen atoms in total. The zero-order chi connectivity index (χ0) is 24.2. The third kappa shape index (κ3) is 5.90. The van der Waals surface area contributed by atoms with Crippen molar-refractivity contribution >= 4 is 18.0 Å². The Hall–Kier alpha value is -3.39. The number of carbonyl (C=O) groups excluding carboxylic acids is 2. The highest BCUT2D eigenvalue weighted by Crippen LogP contribution is 2.44. The quantitative estimate of drug-likeness (QED) is 0.536. The summed E-state index contributed by atoms with van der Waals surface area (Å²) in [5.74, 6) is -1.97. The predicted octanol–water partition coefficient (Wildman–Crippen LogP) is 2.99. The summed E-state index contributed by atoms with van der Waals surface area (Å²) < 4.78 is 5.45. The molecule has 2 aromatic carbocycles. The zero-order valence-electron chi connectivity index (χ0n) is 19.1. The largest absolute Gasteiger partial charge is 0.481 e. The van der Waals surface area contributed by atoms with Crippen LogP contribution in [0, 0.1) is 0 Å². The van der Waals surface area contributed by atoms with E-state index in [9.17, 15) is 24.6 Å². The second kappa shape index (κ2) is 10.0. The van der Waals surface area contributed by atoms with Crippen molar-refractivity contribution in [1.29, 1.82) is 0 Å². The molecule has 1 aliphatic rings. The van der Waals surface area contributed by atoms with Gasteiger partial charge in [0.25, 0.3) is 0 Å². The Balaban J connectivity index is 1.70. The van der Waals surface area contributed by atoms with Crippen LogP contribution < -0.4 is 5.32 Å². The number of aliphatic hydroxyl groups is 1.